The lowest BCUT2D eigenvalue weighted by Crippen LogP contribution is -2.10. The number of imidazole rings is 1. The molecule has 3 rings (SSSR count). The third kappa shape index (κ3) is 1.98. The van der Waals surface area contributed by atoms with E-state index in [2.05, 4.69) is 21.5 Å². The monoisotopic (exact) mass is 242 g/mol. The number of aryl methyl sites for hydroxylation is 2. The van der Waals surface area contributed by atoms with Crippen LogP contribution in [-0.4, -0.2) is 14.5 Å². The Balaban J connectivity index is 1.92. The van der Waals surface area contributed by atoms with Crippen molar-refractivity contribution in [3.8, 4) is 0 Å². The fourth-order valence-corrected chi connectivity index (χ4v) is 2.66. The fourth-order valence-electron chi connectivity index (χ4n) is 2.66. The molecule has 0 unspecified atom stereocenters. The summed E-state index contributed by atoms with van der Waals surface area (Å²) < 4.78 is 2.32. The lowest BCUT2D eigenvalue weighted by Gasteiger charge is -2.14. The standard InChI is InChI=1S/C14H18N4/c1-10-17-12-4-2-3-5-13(12)18(10)9-11-6-7-14(15)16-8-11/h6-8H,2-5,9H2,1H3,(H2,15,16). The van der Waals surface area contributed by atoms with Crippen molar-refractivity contribution >= 4 is 5.82 Å². The first-order valence-electron chi connectivity index (χ1n) is 6.49. The zero-order valence-electron chi connectivity index (χ0n) is 10.7. The minimum Gasteiger partial charge on any atom is -0.384 e. The van der Waals surface area contributed by atoms with Gasteiger partial charge in [-0.1, -0.05) is 6.07 Å². The van der Waals surface area contributed by atoms with Crippen molar-refractivity contribution in [2.45, 2.75) is 39.2 Å². The highest BCUT2D eigenvalue weighted by atomic mass is 15.1. The van der Waals surface area contributed by atoms with Gasteiger partial charge in [0.2, 0.25) is 0 Å². The maximum atomic E-state index is 5.61. The molecule has 0 saturated heterocycles. The first kappa shape index (κ1) is 11.3. The third-order valence-corrected chi connectivity index (χ3v) is 3.61. The Morgan fingerprint density at radius 1 is 1.28 bits per heavy atom. The first-order chi connectivity index (χ1) is 8.74. The summed E-state index contributed by atoms with van der Waals surface area (Å²) in [5.74, 6) is 1.68. The maximum Gasteiger partial charge on any atom is 0.123 e. The quantitative estimate of drug-likeness (QED) is 0.877. The second kappa shape index (κ2) is 4.44. The number of nitrogens with two attached hydrogens (primary N) is 1. The van der Waals surface area contributed by atoms with Gasteiger partial charge in [-0.05, 0) is 44.2 Å². The average Bonchev–Trinajstić information content (AvgIpc) is 2.69. The Labute approximate surface area is 107 Å². The summed E-state index contributed by atoms with van der Waals surface area (Å²) in [4.78, 5) is 8.83. The van der Waals surface area contributed by atoms with Gasteiger partial charge in [-0.15, -0.1) is 0 Å². The van der Waals surface area contributed by atoms with Gasteiger partial charge >= 0.3 is 0 Å². The number of nitrogen functional groups attached to an aromatic ring is 1. The van der Waals surface area contributed by atoms with Crippen LogP contribution in [0, 0.1) is 6.92 Å². The number of aromatic nitrogens is 3. The molecule has 18 heavy (non-hydrogen) atoms. The Hall–Kier alpha value is -1.84. The van der Waals surface area contributed by atoms with Crippen LogP contribution in [0.4, 0.5) is 5.82 Å². The number of nitrogens with zero attached hydrogens (tertiary/aromatic N) is 3. The SMILES string of the molecule is Cc1nc2c(n1Cc1ccc(N)nc1)CCCC2. The van der Waals surface area contributed by atoms with E-state index in [1.54, 1.807) is 0 Å². The second-order valence-electron chi connectivity index (χ2n) is 4.94. The largest absolute Gasteiger partial charge is 0.384 e. The maximum absolute atomic E-state index is 5.61. The van der Waals surface area contributed by atoms with E-state index >= 15 is 0 Å². The molecule has 0 aromatic carbocycles. The average molecular weight is 242 g/mol. The smallest absolute Gasteiger partial charge is 0.123 e. The molecule has 2 heterocycles. The van der Waals surface area contributed by atoms with Crippen molar-refractivity contribution in [1.29, 1.82) is 0 Å². The molecule has 2 aromatic heterocycles. The van der Waals surface area contributed by atoms with Gasteiger partial charge in [0.05, 0.1) is 12.2 Å². The Morgan fingerprint density at radius 2 is 2.11 bits per heavy atom. The van der Waals surface area contributed by atoms with Crippen LogP contribution in [0.2, 0.25) is 0 Å². The second-order valence-corrected chi connectivity index (χ2v) is 4.94. The van der Waals surface area contributed by atoms with E-state index in [0.29, 0.717) is 5.82 Å². The molecule has 94 valence electrons. The van der Waals surface area contributed by atoms with Crippen LogP contribution >= 0.6 is 0 Å². The van der Waals surface area contributed by atoms with E-state index in [4.69, 9.17) is 5.73 Å². The van der Waals surface area contributed by atoms with Crippen LogP contribution in [0.3, 0.4) is 0 Å². The molecule has 4 nitrogen and oxygen atoms in total. The molecule has 2 N–H and O–H groups in total. The third-order valence-electron chi connectivity index (χ3n) is 3.61. The Bertz CT molecular complexity index is 554. The van der Waals surface area contributed by atoms with Crippen LogP contribution in [0.15, 0.2) is 18.3 Å². The number of hydrogen-bond donors (Lipinski definition) is 1. The molecular weight excluding hydrogens is 224 g/mol. The zero-order valence-corrected chi connectivity index (χ0v) is 10.7. The van der Waals surface area contributed by atoms with Crippen LogP contribution < -0.4 is 5.73 Å². The highest BCUT2D eigenvalue weighted by molar-refractivity contribution is 5.30. The van der Waals surface area contributed by atoms with Crippen LogP contribution in [0.5, 0.6) is 0 Å². The molecule has 2 aromatic rings. The predicted molar refractivity (Wildman–Crippen MR) is 71.4 cm³/mol. The number of anilines is 1. The normalized spacial score (nSPS) is 14.5. The van der Waals surface area contributed by atoms with Crippen LogP contribution in [0.25, 0.3) is 0 Å². The lowest BCUT2D eigenvalue weighted by atomic mass is 10.0. The summed E-state index contributed by atoms with van der Waals surface area (Å²) >= 11 is 0. The van der Waals surface area contributed by atoms with Gasteiger partial charge in [0.15, 0.2) is 0 Å². The van der Waals surface area contributed by atoms with Crippen LogP contribution in [-0.2, 0) is 19.4 Å². The summed E-state index contributed by atoms with van der Waals surface area (Å²) in [6.07, 6.45) is 6.68. The van der Waals surface area contributed by atoms with Crippen molar-refractivity contribution in [3.05, 3.63) is 41.1 Å². The molecular formula is C14H18N4. The van der Waals surface area contributed by atoms with E-state index in [-0.39, 0.29) is 0 Å². The van der Waals surface area contributed by atoms with Crippen molar-refractivity contribution in [3.63, 3.8) is 0 Å². The number of pyridine rings is 1. The van der Waals surface area contributed by atoms with Gasteiger partial charge in [-0.3, -0.25) is 0 Å². The van der Waals surface area contributed by atoms with Gasteiger partial charge in [0.1, 0.15) is 11.6 Å². The van der Waals surface area contributed by atoms with E-state index in [0.717, 1.165) is 25.2 Å². The number of rotatable bonds is 2. The summed E-state index contributed by atoms with van der Waals surface area (Å²) in [6, 6.07) is 3.89. The van der Waals surface area contributed by atoms with Gasteiger partial charge in [-0.2, -0.15) is 0 Å². The molecule has 0 radical (unpaired) electrons. The number of hydrogen-bond acceptors (Lipinski definition) is 3. The summed E-state index contributed by atoms with van der Waals surface area (Å²) in [5, 5.41) is 0. The highest BCUT2D eigenvalue weighted by Crippen LogP contribution is 2.22. The van der Waals surface area contributed by atoms with E-state index in [1.807, 2.05) is 18.3 Å². The van der Waals surface area contributed by atoms with Crippen LogP contribution in [0.1, 0.15) is 35.6 Å². The van der Waals surface area contributed by atoms with Crippen molar-refractivity contribution in [2.75, 3.05) is 5.73 Å². The Kier molecular flexibility index (Phi) is 2.78. The molecule has 0 amide bonds. The molecule has 0 saturated carbocycles. The van der Waals surface area contributed by atoms with Gasteiger partial charge in [0.25, 0.3) is 0 Å². The molecule has 0 atom stereocenters. The molecule has 0 aliphatic heterocycles. The predicted octanol–water partition coefficient (Wildman–Crippen LogP) is 2.10. The van der Waals surface area contributed by atoms with Crippen molar-refractivity contribution in [2.24, 2.45) is 0 Å². The lowest BCUT2D eigenvalue weighted by molar-refractivity contribution is 0.624. The molecule has 1 aliphatic carbocycles. The minimum atomic E-state index is 0.572. The van der Waals surface area contributed by atoms with Gasteiger partial charge < -0.3 is 10.3 Å². The molecule has 1 aliphatic rings. The van der Waals surface area contributed by atoms with Gasteiger partial charge in [-0.25, -0.2) is 9.97 Å². The van der Waals surface area contributed by atoms with E-state index < -0.39 is 0 Å². The first-order valence-corrected chi connectivity index (χ1v) is 6.49. The van der Waals surface area contributed by atoms with Gasteiger partial charge in [0, 0.05) is 11.9 Å². The Morgan fingerprint density at radius 3 is 2.89 bits per heavy atom. The topological polar surface area (TPSA) is 56.7 Å². The van der Waals surface area contributed by atoms with Crippen molar-refractivity contribution < 1.29 is 0 Å². The van der Waals surface area contributed by atoms with E-state index in [9.17, 15) is 0 Å². The molecule has 0 bridgehead atoms. The van der Waals surface area contributed by atoms with E-state index in [1.165, 1.54) is 29.8 Å². The minimum absolute atomic E-state index is 0.572. The summed E-state index contributed by atoms with van der Waals surface area (Å²) in [5.41, 5.74) is 9.50. The highest BCUT2D eigenvalue weighted by Gasteiger charge is 2.17. The molecule has 0 fully saturated rings. The summed E-state index contributed by atoms with van der Waals surface area (Å²) in [7, 11) is 0. The summed E-state index contributed by atoms with van der Waals surface area (Å²) in [6.45, 7) is 2.94. The fraction of sp³-hybridized carbons (Fsp3) is 0.429. The molecule has 0 spiro atoms. The van der Waals surface area contributed by atoms with Crippen molar-refractivity contribution in [1.82, 2.24) is 14.5 Å². The zero-order chi connectivity index (χ0) is 12.5. The molecule has 4 heteroatoms. The number of fused-ring (bicyclic) bond motifs is 1.